The topological polar surface area (TPSA) is 91.4 Å². The molecule has 2 saturated heterocycles. The van der Waals surface area contributed by atoms with Crippen molar-refractivity contribution in [1.82, 2.24) is 10.3 Å². The first kappa shape index (κ1) is 23.9. The van der Waals surface area contributed by atoms with Gasteiger partial charge in [-0.1, -0.05) is 0 Å². The zero-order valence-electron chi connectivity index (χ0n) is 15.4. The predicted octanol–water partition coefficient (Wildman–Crippen LogP) is 2.02. The zero-order chi connectivity index (χ0) is 17.9. The fourth-order valence-corrected chi connectivity index (χ4v) is 4.95. The van der Waals surface area contributed by atoms with Crippen LogP contribution in [0.4, 0.5) is 11.5 Å². The lowest BCUT2D eigenvalue weighted by Gasteiger charge is -2.34. The molecule has 1 aromatic rings. The van der Waals surface area contributed by atoms with E-state index >= 15 is 0 Å². The highest BCUT2D eigenvalue weighted by atomic mass is 35.5. The smallest absolute Gasteiger partial charge is 0.245 e. The number of halogens is 2. The Labute approximate surface area is 173 Å². The molecule has 0 radical (unpaired) electrons. The minimum Gasteiger partial charge on any atom is -0.357 e. The summed E-state index contributed by atoms with van der Waals surface area (Å²) in [6.07, 6.45) is 6.94. The molecule has 1 aromatic heterocycles. The van der Waals surface area contributed by atoms with E-state index in [-0.39, 0.29) is 37.7 Å². The Kier molecular flexibility index (Phi) is 8.79. The first-order valence-electron chi connectivity index (χ1n) is 8.85. The molecule has 0 spiro atoms. The number of carbonyl (C=O) groups excluding carboxylic acids is 1. The number of aromatic nitrogens is 1. The number of amides is 1. The minimum absolute atomic E-state index is 0. The average molecular weight is 439 g/mol. The van der Waals surface area contributed by atoms with Gasteiger partial charge in [0.2, 0.25) is 5.91 Å². The summed E-state index contributed by atoms with van der Waals surface area (Å²) < 4.78 is 23.2. The minimum atomic E-state index is -3.51. The Morgan fingerprint density at radius 3 is 2.30 bits per heavy atom. The second-order valence-electron chi connectivity index (χ2n) is 6.92. The van der Waals surface area contributed by atoms with Crippen molar-refractivity contribution in [3.8, 4) is 0 Å². The Hall–Kier alpha value is -1.09. The van der Waals surface area contributed by atoms with E-state index in [9.17, 15) is 13.2 Å². The van der Waals surface area contributed by atoms with Gasteiger partial charge in [-0.25, -0.2) is 13.4 Å². The molecule has 2 N–H and O–H groups in total. The number of nitrogens with zero attached hydrogens (tertiary/aromatic N) is 2. The van der Waals surface area contributed by atoms with Crippen molar-refractivity contribution in [3.05, 3.63) is 18.3 Å². The molecular formula is C17H28Cl2N4O3S. The highest BCUT2D eigenvalue weighted by Crippen LogP contribution is 2.29. The van der Waals surface area contributed by atoms with E-state index in [0.29, 0.717) is 18.8 Å². The molecule has 0 atom stereocenters. The third-order valence-electron chi connectivity index (χ3n) is 5.22. The number of hydrogen-bond donors (Lipinski definition) is 2. The molecule has 0 unspecified atom stereocenters. The summed E-state index contributed by atoms with van der Waals surface area (Å²) in [5.74, 6) is 0.446. The van der Waals surface area contributed by atoms with Crippen LogP contribution in [0, 0.1) is 0 Å². The van der Waals surface area contributed by atoms with Gasteiger partial charge in [0.05, 0.1) is 11.9 Å². The first-order valence-corrected chi connectivity index (χ1v) is 10.7. The second kappa shape index (κ2) is 9.91. The van der Waals surface area contributed by atoms with Crippen LogP contribution in [0.1, 0.15) is 32.1 Å². The lowest BCUT2D eigenvalue weighted by molar-refractivity contribution is -0.119. The number of carbonyl (C=O) groups is 1. The van der Waals surface area contributed by atoms with Gasteiger partial charge in [-0.3, -0.25) is 4.79 Å². The van der Waals surface area contributed by atoms with Crippen LogP contribution in [0.3, 0.4) is 0 Å². The largest absolute Gasteiger partial charge is 0.357 e. The van der Waals surface area contributed by atoms with E-state index < -0.39 is 20.5 Å². The van der Waals surface area contributed by atoms with E-state index in [1.807, 2.05) is 6.07 Å². The van der Waals surface area contributed by atoms with Gasteiger partial charge < -0.3 is 15.5 Å². The van der Waals surface area contributed by atoms with Gasteiger partial charge in [0.25, 0.3) is 0 Å². The van der Waals surface area contributed by atoms with Crippen molar-refractivity contribution >= 4 is 52.1 Å². The van der Waals surface area contributed by atoms with Gasteiger partial charge >= 0.3 is 0 Å². The summed E-state index contributed by atoms with van der Waals surface area (Å²) in [4.78, 5) is 19.4. The average Bonchev–Trinajstić information content (AvgIpc) is 2.63. The van der Waals surface area contributed by atoms with Crippen molar-refractivity contribution < 1.29 is 13.2 Å². The highest BCUT2D eigenvalue weighted by Gasteiger charge is 2.48. The normalized spacial score (nSPS) is 19.4. The van der Waals surface area contributed by atoms with Crippen molar-refractivity contribution in [2.75, 3.05) is 42.7 Å². The van der Waals surface area contributed by atoms with Crippen LogP contribution in [0.15, 0.2) is 18.3 Å². The summed E-state index contributed by atoms with van der Waals surface area (Å²) in [6.45, 7) is 3.05. The number of rotatable bonds is 4. The lowest BCUT2D eigenvalue weighted by atomic mass is 9.96. The Morgan fingerprint density at radius 2 is 1.78 bits per heavy atom. The van der Waals surface area contributed by atoms with Crippen LogP contribution >= 0.6 is 24.8 Å². The summed E-state index contributed by atoms with van der Waals surface area (Å²) in [7, 11) is -3.51. The highest BCUT2D eigenvalue weighted by molar-refractivity contribution is 7.92. The van der Waals surface area contributed by atoms with Gasteiger partial charge in [-0.2, -0.15) is 0 Å². The SMILES string of the molecule is CS(=O)(=O)C1(C(=O)Nc2ccc(N3CCCCC3)nc2)CCNCC1.Cl.Cl. The monoisotopic (exact) mass is 438 g/mol. The molecule has 0 aliphatic carbocycles. The molecule has 10 heteroatoms. The molecule has 3 rings (SSSR count). The molecular weight excluding hydrogens is 411 g/mol. The molecule has 7 nitrogen and oxygen atoms in total. The molecule has 2 fully saturated rings. The van der Waals surface area contributed by atoms with E-state index in [1.54, 1.807) is 12.3 Å². The molecule has 0 aromatic carbocycles. The number of piperidine rings is 2. The standard InChI is InChI=1S/C17H26N4O3S.2ClH/c1-25(23,24)17(7-9-18-10-8-17)16(22)20-14-5-6-15(19-13-14)21-11-3-2-4-12-21;;/h5-6,13,18H,2-4,7-12H2,1H3,(H,20,22);2*1H. The Balaban J connectivity index is 0.00000182. The number of pyridine rings is 1. The van der Waals surface area contributed by atoms with Gasteiger partial charge in [0, 0.05) is 19.3 Å². The molecule has 3 heterocycles. The first-order chi connectivity index (χ1) is 11.9. The fraction of sp³-hybridized carbons (Fsp3) is 0.647. The van der Waals surface area contributed by atoms with E-state index in [1.165, 1.54) is 19.3 Å². The third kappa shape index (κ3) is 5.25. The van der Waals surface area contributed by atoms with Gasteiger partial charge in [-0.15, -0.1) is 24.8 Å². The maximum absolute atomic E-state index is 12.8. The number of hydrogen-bond acceptors (Lipinski definition) is 6. The third-order valence-corrected chi connectivity index (χ3v) is 7.23. The molecule has 27 heavy (non-hydrogen) atoms. The maximum Gasteiger partial charge on any atom is 0.245 e. The van der Waals surface area contributed by atoms with Gasteiger partial charge in [0.15, 0.2) is 14.6 Å². The zero-order valence-corrected chi connectivity index (χ0v) is 17.9. The van der Waals surface area contributed by atoms with E-state index in [0.717, 1.165) is 25.2 Å². The quantitative estimate of drug-likeness (QED) is 0.746. The van der Waals surface area contributed by atoms with Gasteiger partial charge in [0.1, 0.15) is 5.82 Å². The second-order valence-corrected chi connectivity index (χ2v) is 9.25. The molecule has 0 bridgehead atoms. The van der Waals surface area contributed by atoms with Crippen LogP contribution < -0.4 is 15.5 Å². The molecule has 2 aliphatic rings. The van der Waals surface area contributed by atoms with Crippen molar-refractivity contribution in [2.45, 2.75) is 36.9 Å². The van der Waals surface area contributed by atoms with E-state index in [2.05, 4.69) is 20.5 Å². The van der Waals surface area contributed by atoms with Crippen LogP contribution in [0.5, 0.6) is 0 Å². The van der Waals surface area contributed by atoms with E-state index in [4.69, 9.17) is 0 Å². The Morgan fingerprint density at radius 1 is 1.15 bits per heavy atom. The molecule has 1 amide bonds. The summed E-state index contributed by atoms with van der Waals surface area (Å²) in [5, 5.41) is 5.87. The molecule has 0 saturated carbocycles. The lowest BCUT2D eigenvalue weighted by Crippen LogP contribution is -2.55. The summed E-state index contributed by atoms with van der Waals surface area (Å²) in [6, 6.07) is 3.68. The summed E-state index contributed by atoms with van der Waals surface area (Å²) >= 11 is 0. The van der Waals surface area contributed by atoms with Gasteiger partial charge in [-0.05, 0) is 57.3 Å². The molecule has 2 aliphatic heterocycles. The summed E-state index contributed by atoms with van der Waals surface area (Å²) in [5.41, 5.74) is 0.535. The van der Waals surface area contributed by atoms with Crippen molar-refractivity contribution in [2.24, 2.45) is 0 Å². The van der Waals surface area contributed by atoms with Crippen LogP contribution in [0.25, 0.3) is 0 Å². The predicted molar refractivity (Wildman–Crippen MR) is 113 cm³/mol. The number of nitrogens with one attached hydrogen (secondary N) is 2. The van der Waals surface area contributed by atoms with Crippen molar-refractivity contribution in [3.63, 3.8) is 0 Å². The van der Waals surface area contributed by atoms with Crippen molar-refractivity contribution in [1.29, 1.82) is 0 Å². The fourth-order valence-electron chi connectivity index (χ4n) is 3.61. The molecule has 154 valence electrons. The van der Waals surface area contributed by atoms with Crippen LogP contribution in [-0.4, -0.2) is 56.5 Å². The number of anilines is 2. The van der Waals surface area contributed by atoms with Crippen LogP contribution in [0.2, 0.25) is 0 Å². The Bertz CT molecular complexity index is 716. The number of sulfone groups is 1. The maximum atomic E-state index is 12.8. The van der Waals surface area contributed by atoms with Crippen LogP contribution in [-0.2, 0) is 14.6 Å².